The van der Waals surface area contributed by atoms with Gasteiger partial charge < -0.3 is 0 Å². The van der Waals surface area contributed by atoms with E-state index in [-0.39, 0.29) is 0 Å². The zero-order chi connectivity index (χ0) is 11.1. The van der Waals surface area contributed by atoms with Crippen LogP contribution in [-0.4, -0.2) is 32.9 Å². The number of aryl methyl sites for hydroxylation is 1. The van der Waals surface area contributed by atoms with Crippen molar-refractivity contribution in [3.05, 3.63) is 6.20 Å². The number of hydrogen-bond donors (Lipinski definition) is 1. The van der Waals surface area contributed by atoms with Crippen molar-refractivity contribution in [2.24, 2.45) is 12.2 Å². The second-order valence-corrected chi connectivity index (χ2v) is 6.22. The van der Waals surface area contributed by atoms with Gasteiger partial charge in [0, 0.05) is 13.3 Å². The molecule has 0 aliphatic rings. The van der Waals surface area contributed by atoms with Crippen LogP contribution in [0.2, 0.25) is 0 Å². The molecule has 0 fully saturated rings. The summed E-state index contributed by atoms with van der Waals surface area (Å²) in [6, 6.07) is 0. The minimum Gasteiger partial charge on any atom is -0.256 e. The molecule has 7 nitrogen and oxygen atoms in total. The van der Waals surface area contributed by atoms with Gasteiger partial charge in [0.1, 0.15) is 4.90 Å². The molecule has 1 rings (SSSR count). The maximum absolute atomic E-state index is 11.2. The molecule has 1 aromatic rings. The molecule has 0 unspecified atom stereocenters. The second-order valence-electron chi connectivity index (χ2n) is 2.75. The van der Waals surface area contributed by atoms with Crippen LogP contribution in [0.4, 0.5) is 0 Å². The van der Waals surface area contributed by atoms with Gasteiger partial charge in [0.2, 0.25) is 10.0 Å². The van der Waals surface area contributed by atoms with Gasteiger partial charge in [-0.1, -0.05) is 0 Å². The van der Waals surface area contributed by atoms with Gasteiger partial charge in [0.25, 0.3) is 0 Å². The number of sulfone groups is 1. The smallest absolute Gasteiger partial charge is 0.242 e. The van der Waals surface area contributed by atoms with Crippen molar-refractivity contribution < 1.29 is 16.8 Å². The lowest BCUT2D eigenvalue weighted by atomic mass is 10.7. The molecular formula is C5H9N3O4S2. The summed E-state index contributed by atoms with van der Waals surface area (Å²) in [5.74, 6) is 0. The van der Waals surface area contributed by atoms with Crippen LogP contribution in [-0.2, 0) is 26.9 Å². The summed E-state index contributed by atoms with van der Waals surface area (Å²) in [6.45, 7) is 0. The Balaban J connectivity index is 3.68. The average Bonchev–Trinajstić information content (AvgIpc) is 2.27. The van der Waals surface area contributed by atoms with E-state index < -0.39 is 29.8 Å². The van der Waals surface area contributed by atoms with Crippen LogP contribution in [0.1, 0.15) is 0 Å². The van der Waals surface area contributed by atoms with E-state index in [0.29, 0.717) is 0 Å². The zero-order valence-corrected chi connectivity index (χ0v) is 9.13. The maximum atomic E-state index is 11.2. The van der Waals surface area contributed by atoms with Gasteiger partial charge in [0.15, 0.2) is 14.9 Å². The molecule has 14 heavy (non-hydrogen) atoms. The summed E-state index contributed by atoms with van der Waals surface area (Å²) >= 11 is 0. The van der Waals surface area contributed by atoms with Crippen molar-refractivity contribution >= 4 is 19.9 Å². The highest BCUT2D eigenvalue weighted by molar-refractivity contribution is 7.93. The molecule has 0 aromatic carbocycles. The normalized spacial score (nSPS) is 13.1. The molecule has 1 aromatic heterocycles. The lowest BCUT2D eigenvalue weighted by molar-refractivity contribution is 0.569. The molecule has 1 heterocycles. The monoisotopic (exact) mass is 239 g/mol. The highest BCUT2D eigenvalue weighted by Gasteiger charge is 2.25. The number of sulfonamides is 1. The van der Waals surface area contributed by atoms with Crippen LogP contribution in [0.15, 0.2) is 16.1 Å². The van der Waals surface area contributed by atoms with Crippen LogP contribution in [0.25, 0.3) is 0 Å². The molecule has 0 bridgehead atoms. The van der Waals surface area contributed by atoms with Crippen molar-refractivity contribution in [1.29, 1.82) is 0 Å². The third-order valence-corrected chi connectivity index (χ3v) is 3.74. The Hall–Kier alpha value is -0.930. The van der Waals surface area contributed by atoms with E-state index in [1.165, 1.54) is 7.05 Å². The standard InChI is InChI=1S/C5H9N3O4S2/c1-8-5(13(2,9)10)4(3-7-8)14(6,11)12/h3H,1-2H3,(H2,6,11,12). The Labute approximate surface area is 81.5 Å². The fourth-order valence-electron chi connectivity index (χ4n) is 1.02. The van der Waals surface area contributed by atoms with Gasteiger partial charge in [0.05, 0.1) is 6.20 Å². The third-order valence-electron chi connectivity index (χ3n) is 1.51. The van der Waals surface area contributed by atoms with Crippen molar-refractivity contribution in [3.8, 4) is 0 Å². The Morgan fingerprint density at radius 2 is 1.86 bits per heavy atom. The van der Waals surface area contributed by atoms with E-state index in [2.05, 4.69) is 5.10 Å². The number of nitrogens with zero attached hydrogens (tertiary/aromatic N) is 2. The minimum absolute atomic E-state index is 0.403. The second kappa shape index (κ2) is 3.04. The first kappa shape index (κ1) is 11.1. The van der Waals surface area contributed by atoms with E-state index in [1.54, 1.807) is 0 Å². The van der Waals surface area contributed by atoms with Crippen LogP contribution in [0.3, 0.4) is 0 Å². The highest BCUT2D eigenvalue weighted by Crippen LogP contribution is 2.17. The van der Waals surface area contributed by atoms with Gasteiger partial charge in [-0.3, -0.25) is 4.68 Å². The van der Waals surface area contributed by atoms with E-state index in [4.69, 9.17) is 5.14 Å². The van der Waals surface area contributed by atoms with Crippen molar-refractivity contribution in [1.82, 2.24) is 9.78 Å². The summed E-state index contributed by atoms with van der Waals surface area (Å²) in [5.41, 5.74) is 0. The topological polar surface area (TPSA) is 112 Å². The highest BCUT2D eigenvalue weighted by atomic mass is 32.2. The Morgan fingerprint density at radius 1 is 1.36 bits per heavy atom. The summed E-state index contributed by atoms with van der Waals surface area (Å²) in [7, 11) is -6.40. The van der Waals surface area contributed by atoms with Crippen molar-refractivity contribution in [3.63, 3.8) is 0 Å². The zero-order valence-electron chi connectivity index (χ0n) is 7.50. The molecule has 0 spiro atoms. The number of hydrogen-bond acceptors (Lipinski definition) is 5. The summed E-state index contributed by atoms with van der Waals surface area (Å²) < 4.78 is 45.3. The number of aromatic nitrogens is 2. The predicted molar refractivity (Wildman–Crippen MR) is 47.7 cm³/mol. The van der Waals surface area contributed by atoms with E-state index in [0.717, 1.165) is 17.1 Å². The summed E-state index contributed by atoms with van der Waals surface area (Å²) in [6.07, 6.45) is 1.80. The Bertz CT molecular complexity index is 554. The van der Waals surface area contributed by atoms with Crippen molar-refractivity contribution in [2.45, 2.75) is 9.92 Å². The van der Waals surface area contributed by atoms with Crippen LogP contribution >= 0.6 is 0 Å². The molecule has 80 valence electrons. The van der Waals surface area contributed by atoms with Crippen LogP contribution in [0.5, 0.6) is 0 Å². The SMILES string of the molecule is Cn1ncc(S(N)(=O)=O)c1S(C)(=O)=O. The molecule has 0 atom stereocenters. The van der Waals surface area contributed by atoms with E-state index in [1.807, 2.05) is 0 Å². The van der Waals surface area contributed by atoms with Crippen LogP contribution < -0.4 is 5.14 Å². The largest absolute Gasteiger partial charge is 0.256 e. The quantitative estimate of drug-likeness (QED) is 0.673. The van der Waals surface area contributed by atoms with Gasteiger partial charge in [-0.25, -0.2) is 22.0 Å². The fraction of sp³-hybridized carbons (Fsp3) is 0.400. The molecule has 0 aliphatic carbocycles. The van der Waals surface area contributed by atoms with Gasteiger partial charge in [-0.15, -0.1) is 0 Å². The molecule has 9 heteroatoms. The number of nitrogens with two attached hydrogens (primary N) is 1. The molecular weight excluding hydrogens is 230 g/mol. The maximum Gasteiger partial charge on any atom is 0.242 e. The lowest BCUT2D eigenvalue weighted by Gasteiger charge is -2.01. The number of primary sulfonamides is 1. The third kappa shape index (κ3) is 1.94. The molecule has 2 N–H and O–H groups in total. The first-order valence-electron chi connectivity index (χ1n) is 3.39. The molecule has 0 radical (unpaired) electrons. The molecule has 0 amide bonds. The average molecular weight is 239 g/mol. The minimum atomic E-state index is -4.06. The summed E-state index contributed by atoms with van der Waals surface area (Å²) in [5, 5.41) is 7.95. The van der Waals surface area contributed by atoms with Gasteiger partial charge in [-0.05, 0) is 0 Å². The molecule has 0 aliphatic heterocycles. The Kier molecular flexibility index (Phi) is 2.42. The molecule has 0 saturated heterocycles. The van der Waals surface area contributed by atoms with Crippen molar-refractivity contribution in [2.75, 3.05) is 6.26 Å². The van der Waals surface area contributed by atoms with E-state index in [9.17, 15) is 16.8 Å². The first-order chi connectivity index (χ1) is 6.14. The lowest BCUT2D eigenvalue weighted by Crippen LogP contribution is -2.16. The first-order valence-corrected chi connectivity index (χ1v) is 6.82. The fourth-order valence-corrected chi connectivity index (χ4v) is 3.34. The van der Waals surface area contributed by atoms with E-state index >= 15 is 0 Å². The number of rotatable bonds is 2. The summed E-state index contributed by atoms with van der Waals surface area (Å²) in [4.78, 5) is -0.484. The van der Waals surface area contributed by atoms with Crippen LogP contribution in [0, 0.1) is 0 Å². The van der Waals surface area contributed by atoms with Gasteiger partial charge >= 0.3 is 0 Å². The predicted octanol–water partition coefficient (Wildman–Crippen LogP) is -1.53. The Morgan fingerprint density at radius 3 is 2.14 bits per heavy atom. The molecule has 0 saturated carbocycles. The van der Waals surface area contributed by atoms with Gasteiger partial charge in [-0.2, -0.15) is 5.10 Å².